The Hall–Kier alpha value is -2.40. The molecule has 0 unspecified atom stereocenters. The third kappa shape index (κ3) is 5.29. The van der Waals surface area contributed by atoms with Crippen molar-refractivity contribution >= 4 is 11.6 Å². The lowest BCUT2D eigenvalue weighted by molar-refractivity contribution is -0.116. The van der Waals surface area contributed by atoms with Crippen LogP contribution in [0.25, 0.3) is 0 Å². The number of ether oxygens (including phenoxy) is 2. The number of para-hydroxylation sites is 2. The summed E-state index contributed by atoms with van der Waals surface area (Å²) < 4.78 is 11.6. The highest BCUT2D eigenvalue weighted by atomic mass is 16.5. The van der Waals surface area contributed by atoms with E-state index in [2.05, 4.69) is 17.2 Å². The maximum atomic E-state index is 12.2. The lowest BCUT2D eigenvalue weighted by atomic mass is 10.1. The molecule has 1 N–H and O–H groups in total. The van der Waals surface area contributed by atoms with E-state index >= 15 is 0 Å². The first-order chi connectivity index (χ1) is 12.2. The van der Waals surface area contributed by atoms with E-state index < -0.39 is 0 Å². The molecule has 5 heteroatoms. The second kappa shape index (κ2) is 8.62. The smallest absolute Gasteiger partial charge is 0.224 e. The molecule has 132 valence electrons. The summed E-state index contributed by atoms with van der Waals surface area (Å²) in [5.41, 5.74) is 1.53. The fourth-order valence-corrected chi connectivity index (χ4v) is 2.93. The molecule has 1 aliphatic rings. The largest absolute Gasteiger partial charge is 0.485 e. The minimum Gasteiger partial charge on any atom is -0.485 e. The summed E-state index contributed by atoms with van der Waals surface area (Å²) in [5.74, 6) is 0.629. The molecule has 3 rings (SSSR count). The van der Waals surface area contributed by atoms with Crippen LogP contribution in [0.5, 0.6) is 5.75 Å². The number of anilines is 1. The van der Waals surface area contributed by atoms with E-state index in [0.29, 0.717) is 30.6 Å². The summed E-state index contributed by atoms with van der Waals surface area (Å²) >= 11 is 0. The Balaban J connectivity index is 1.52. The number of amides is 1. The highest BCUT2D eigenvalue weighted by Gasteiger charge is 2.22. The van der Waals surface area contributed by atoms with Crippen LogP contribution in [0.1, 0.15) is 38.3 Å². The Kier molecular flexibility index (Phi) is 6.01. The highest BCUT2D eigenvalue weighted by Crippen LogP contribution is 2.26. The number of carbonyl (C=O) groups excluding carboxylic acids is 1. The third-order valence-electron chi connectivity index (χ3n) is 4.28. The minimum absolute atomic E-state index is 0.0166. The van der Waals surface area contributed by atoms with Gasteiger partial charge in [0.05, 0.1) is 23.6 Å². The zero-order valence-electron chi connectivity index (χ0n) is 14.5. The number of aromatic nitrogens is 1. The van der Waals surface area contributed by atoms with Gasteiger partial charge in [-0.2, -0.15) is 0 Å². The highest BCUT2D eigenvalue weighted by molar-refractivity contribution is 5.92. The van der Waals surface area contributed by atoms with Gasteiger partial charge in [-0.25, -0.2) is 0 Å². The molecule has 1 fully saturated rings. The number of carbonyl (C=O) groups is 1. The Morgan fingerprint density at radius 2 is 2.08 bits per heavy atom. The molecular formula is C20H24N2O3. The van der Waals surface area contributed by atoms with Crippen LogP contribution >= 0.6 is 0 Å². The van der Waals surface area contributed by atoms with E-state index in [1.54, 1.807) is 6.20 Å². The number of nitrogens with zero attached hydrogens (tertiary/aromatic N) is 1. The summed E-state index contributed by atoms with van der Waals surface area (Å²) in [6.45, 7) is 2.44. The molecular weight excluding hydrogens is 316 g/mol. The number of pyridine rings is 1. The Bertz CT molecular complexity index is 690. The van der Waals surface area contributed by atoms with Crippen molar-refractivity contribution in [1.29, 1.82) is 0 Å². The van der Waals surface area contributed by atoms with Gasteiger partial charge in [0.15, 0.2) is 0 Å². The van der Waals surface area contributed by atoms with Gasteiger partial charge in [0.2, 0.25) is 5.91 Å². The van der Waals surface area contributed by atoms with Gasteiger partial charge in [-0.3, -0.25) is 9.78 Å². The average Bonchev–Trinajstić information content (AvgIpc) is 3.05. The van der Waals surface area contributed by atoms with E-state index in [4.69, 9.17) is 9.47 Å². The van der Waals surface area contributed by atoms with Crippen molar-refractivity contribution in [3.05, 3.63) is 54.4 Å². The van der Waals surface area contributed by atoms with Crippen LogP contribution in [-0.4, -0.2) is 23.1 Å². The summed E-state index contributed by atoms with van der Waals surface area (Å²) in [6.07, 6.45) is 5.58. The lowest BCUT2D eigenvalue weighted by Gasteiger charge is -2.13. The molecule has 1 amide bonds. The third-order valence-corrected chi connectivity index (χ3v) is 4.28. The topological polar surface area (TPSA) is 60.5 Å². The fourth-order valence-electron chi connectivity index (χ4n) is 2.93. The van der Waals surface area contributed by atoms with Crippen LogP contribution in [0.15, 0.2) is 48.7 Å². The van der Waals surface area contributed by atoms with Gasteiger partial charge in [-0.15, -0.1) is 0 Å². The van der Waals surface area contributed by atoms with Crippen LogP contribution in [-0.2, 0) is 16.1 Å². The number of hydrogen-bond acceptors (Lipinski definition) is 4. The Labute approximate surface area is 148 Å². The summed E-state index contributed by atoms with van der Waals surface area (Å²) in [6, 6.07) is 13.2. The van der Waals surface area contributed by atoms with Crippen molar-refractivity contribution in [1.82, 2.24) is 4.98 Å². The van der Waals surface area contributed by atoms with E-state index in [1.165, 1.54) is 0 Å². The van der Waals surface area contributed by atoms with Crippen LogP contribution in [0, 0.1) is 0 Å². The number of hydrogen-bond donors (Lipinski definition) is 1. The lowest BCUT2D eigenvalue weighted by Crippen LogP contribution is -2.16. The van der Waals surface area contributed by atoms with Crippen molar-refractivity contribution in [3.63, 3.8) is 0 Å². The molecule has 0 saturated carbocycles. The first-order valence-electron chi connectivity index (χ1n) is 8.78. The first kappa shape index (κ1) is 17.4. The molecule has 0 spiro atoms. The maximum absolute atomic E-state index is 12.2. The molecule has 1 aliphatic heterocycles. The number of rotatable bonds is 7. The van der Waals surface area contributed by atoms with Crippen molar-refractivity contribution in [2.24, 2.45) is 0 Å². The summed E-state index contributed by atoms with van der Waals surface area (Å²) in [7, 11) is 0. The molecule has 1 aromatic carbocycles. The van der Waals surface area contributed by atoms with Crippen molar-refractivity contribution in [2.45, 2.75) is 51.4 Å². The monoisotopic (exact) mass is 340 g/mol. The second-order valence-corrected chi connectivity index (χ2v) is 6.34. The van der Waals surface area contributed by atoms with Crippen molar-refractivity contribution in [3.8, 4) is 5.75 Å². The quantitative estimate of drug-likeness (QED) is 0.829. The molecule has 1 aromatic heterocycles. The van der Waals surface area contributed by atoms with Crippen LogP contribution < -0.4 is 10.1 Å². The summed E-state index contributed by atoms with van der Waals surface area (Å²) in [5, 5.41) is 2.94. The fraction of sp³-hybridized carbons (Fsp3) is 0.400. The predicted octanol–water partition coefficient (Wildman–Crippen LogP) is 3.95. The molecule has 5 nitrogen and oxygen atoms in total. The van der Waals surface area contributed by atoms with Crippen molar-refractivity contribution < 1.29 is 14.3 Å². The van der Waals surface area contributed by atoms with Gasteiger partial charge in [-0.05, 0) is 50.5 Å². The Morgan fingerprint density at radius 3 is 2.84 bits per heavy atom. The first-order valence-corrected chi connectivity index (χ1v) is 8.78. The molecule has 1 saturated heterocycles. The predicted molar refractivity (Wildman–Crippen MR) is 96.4 cm³/mol. The zero-order valence-corrected chi connectivity index (χ0v) is 14.5. The van der Waals surface area contributed by atoms with Gasteiger partial charge < -0.3 is 14.8 Å². The molecule has 2 atom stereocenters. The number of benzene rings is 1. The molecule has 0 radical (unpaired) electrons. The van der Waals surface area contributed by atoms with Gasteiger partial charge >= 0.3 is 0 Å². The van der Waals surface area contributed by atoms with Gasteiger partial charge in [0.25, 0.3) is 0 Å². The molecule has 2 aromatic rings. The maximum Gasteiger partial charge on any atom is 0.224 e. The minimum atomic E-state index is -0.0166. The number of nitrogens with one attached hydrogen (secondary N) is 1. The molecule has 0 bridgehead atoms. The molecule has 25 heavy (non-hydrogen) atoms. The summed E-state index contributed by atoms with van der Waals surface area (Å²) in [4.78, 5) is 16.5. The van der Waals surface area contributed by atoms with E-state index in [9.17, 15) is 4.79 Å². The van der Waals surface area contributed by atoms with Crippen molar-refractivity contribution in [2.75, 3.05) is 5.32 Å². The van der Waals surface area contributed by atoms with Crippen LogP contribution in [0.4, 0.5) is 5.69 Å². The van der Waals surface area contributed by atoms with E-state index in [1.807, 2.05) is 42.5 Å². The van der Waals surface area contributed by atoms with E-state index in [-0.39, 0.29) is 12.0 Å². The van der Waals surface area contributed by atoms with E-state index in [0.717, 1.165) is 25.0 Å². The normalized spacial score (nSPS) is 19.6. The second-order valence-electron chi connectivity index (χ2n) is 6.34. The zero-order chi connectivity index (χ0) is 17.5. The van der Waals surface area contributed by atoms with Gasteiger partial charge in [-0.1, -0.05) is 18.2 Å². The van der Waals surface area contributed by atoms with Gasteiger partial charge in [0.1, 0.15) is 12.4 Å². The average molecular weight is 340 g/mol. The standard InChI is InChI=1S/C20H24N2O3/c1-15-9-10-17(25-15)11-12-20(23)22-18-7-2-3-8-19(18)24-14-16-6-4-5-13-21-16/h2-8,13,15,17H,9-12,14H2,1H3,(H,22,23)/t15-,17-/m1/s1. The van der Waals surface area contributed by atoms with Crippen LogP contribution in [0.2, 0.25) is 0 Å². The van der Waals surface area contributed by atoms with Crippen LogP contribution in [0.3, 0.4) is 0 Å². The molecule has 0 aliphatic carbocycles. The Morgan fingerprint density at radius 1 is 1.24 bits per heavy atom. The molecule has 2 heterocycles. The SMILES string of the molecule is C[C@@H]1CC[C@H](CCC(=O)Nc2ccccc2OCc2ccccn2)O1. The van der Waals surface area contributed by atoms with Gasteiger partial charge in [0, 0.05) is 12.6 Å².